The van der Waals surface area contributed by atoms with E-state index in [9.17, 15) is 30.3 Å². The highest BCUT2D eigenvalue weighted by Crippen LogP contribution is 2.31. The maximum Gasteiger partial charge on any atom is 0.216 e. The average Bonchev–Trinajstić information content (AvgIpc) is 2.66. The lowest BCUT2D eigenvalue weighted by Crippen LogP contribution is -2.64. The molecule has 170 valence electrons. The van der Waals surface area contributed by atoms with E-state index >= 15 is 0 Å². The summed E-state index contributed by atoms with van der Waals surface area (Å²) < 4.78 is 17.2. The Morgan fingerprint density at radius 1 is 1.17 bits per heavy atom. The lowest BCUT2D eigenvalue weighted by molar-refractivity contribution is -0.265. The third kappa shape index (κ3) is 6.31. The Labute approximate surface area is 170 Å². The van der Waals surface area contributed by atoms with Gasteiger partial charge < -0.3 is 45.1 Å². The Kier molecular flexibility index (Phi) is 8.80. The average molecular weight is 421 g/mol. The van der Waals surface area contributed by atoms with Gasteiger partial charge >= 0.3 is 0 Å². The van der Waals surface area contributed by atoms with Crippen molar-refractivity contribution >= 4 is 5.91 Å². The van der Waals surface area contributed by atoms with Crippen LogP contribution in [0.2, 0.25) is 0 Å². The molecule has 2 rings (SSSR count). The van der Waals surface area contributed by atoms with Crippen LogP contribution < -0.4 is 5.32 Å². The minimum Gasteiger partial charge on any atom is -0.394 e. The van der Waals surface area contributed by atoms with Crippen LogP contribution >= 0.6 is 0 Å². The van der Waals surface area contributed by atoms with E-state index in [1.807, 2.05) is 0 Å². The van der Waals surface area contributed by atoms with Gasteiger partial charge in [0.2, 0.25) is 5.91 Å². The quantitative estimate of drug-likeness (QED) is 0.245. The zero-order chi connectivity index (χ0) is 21.8. The molecule has 2 aliphatic rings. The molecule has 6 N–H and O–H groups in total. The molecule has 2 aliphatic heterocycles. The van der Waals surface area contributed by atoms with Crippen LogP contribution in [0.5, 0.6) is 0 Å². The molecular formula is C19H35NO9. The smallest absolute Gasteiger partial charge is 0.216 e. The summed E-state index contributed by atoms with van der Waals surface area (Å²) in [7, 11) is 0. The maximum atomic E-state index is 11.2. The lowest BCUT2D eigenvalue weighted by atomic mass is 9.87. The second kappa shape index (κ2) is 10.5. The summed E-state index contributed by atoms with van der Waals surface area (Å²) in [4.78, 5) is 11.2. The molecule has 0 unspecified atom stereocenters. The largest absolute Gasteiger partial charge is 0.394 e. The number of ether oxygens (including phenoxy) is 3. The SMILES string of the molecule is CC(=O)NC[C@H]1OC(C)(C)[C@H](O)[C@@H](O)[C@@H]1OCCC[C@H]1O[C@H](CO)C[C@H](O)[C@H]1O. The van der Waals surface area contributed by atoms with Crippen LogP contribution in [-0.4, -0.2) is 106 Å². The zero-order valence-electron chi connectivity index (χ0n) is 17.2. The Hall–Kier alpha value is -0.850. The standard InChI is InChI=1S/C19H35NO9/c1-10(22)20-8-14-17(16(25)18(26)19(2,3)29-14)27-6-4-5-13-15(24)12(23)7-11(9-21)28-13/h11-18,21,23-26H,4-9H2,1-3H3,(H,20,22)/t11-,12-,13+,14+,15+,16-,17+,18+/m0/s1. The first-order valence-electron chi connectivity index (χ1n) is 10.1. The van der Waals surface area contributed by atoms with Crippen molar-refractivity contribution in [2.75, 3.05) is 19.8 Å². The van der Waals surface area contributed by atoms with E-state index in [1.54, 1.807) is 13.8 Å². The molecule has 0 aromatic heterocycles. The minimum atomic E-state index is -1.20. The van der Waals surface area contributed by atoms with Crippen molar-refractivity contribution in [1.82, 2.24) is 5.32 Å². The van der Waals surface area contributed by atoms with Crippen molar-refractivity contribution < 1.29 is 44.5 Å². The number of carbonyl (C=O) groups is 1. The van der Waals surface area contributed by atoms with Crippen LogP contribution in [0, 0.1) is 0 Å². The van der Waals surface area contributed by atoms with Crippen LogP contribution in [0.4, 0.5) is 0 Å². The molecule has 0 spiro atoms. The normalized spacial score (nSPS) is 39.9. The number of carbonyl (C=O) groups excluding carboxylic acids is 1. The summed E-state index contributed by atoms with van der Waals surface area (Å²) in [5.41, 5.74) is -1.00. The van der Waals surface area contributed by atoms with Gasteiger partial charge in [0.25, 0.3) is 0 Å². The van der Waals surface area contributed by atoms with Crippen LogP contribution in [0.1, 0.15) is 40.0 Å². The van der Waals surface area contributed by atoms with Crippen molar-refractivity contribution in [3.05, 3.63) is 0 Å². The molecule has 0 saturated carbocycles. The molecule has 29 heavy (non-hydrogen) atoms. The Balaban J connectivity index is 1.89. The first-order valence-corrected chi connectivity index (χ1v) is 10.1. The number of aliphatic hydroxyl groups is 5. The molecule has 0 bridgehead atoms. The van der Waals surface area contributed by atoms with E-state index < -0.39 is 54.4 Å². The van der Waals surface area contributed by atoms with E-state index in [-0.39, 0.29) is 32.1 Å². The fourth-order valence-corrected chi connectivity index (χ4v) is 3.85. The van der Waals surface area contributed by atoms with E-state index in [0.717, 1.165) is 0 Å². The Bertz CT molecular complexity index is 532. The van der Waals surface area contributed by atoms with Crippen molar-refractivity contribution in [3.8, 4) is 0 Å². The van der Waals surface area contributed by atoms with Gasteiger partial charge in [-0.15, -0.1) is 0 Å². The molecule has 0 aliphatic carbocycles. The first-order chi connectivity index (χ1) is 13.6. The molecule has 10 heteroatoms. The van der Waals surface area contributed by atoms with Crippen LogP contribution in [-0.2, 0) is 19.0 Å². The predicted molar refractivity (Wildman–Crippen MR) is 101 cm³/mol. The van der Waals surface area contributed by atoms with Crippen LogP contribution in [0.25, 0.3) is 0 Å². The number of hydrogen-bond donors (Lipinski definition) is 6. The van der Waals surface area contributed by atoms with Gasteiger partial charge in [-0.05, 0) is 26.7 Å². The number of nitrogens with one attached hydrogen (secondary N) is 1. The van der Waals surface area contributed by atoms with Crippen molar-refractivity contribution in [2.45, 2.75) is 94.5 Å². The van der Waals surface area contributed by atoms with Gasteiger partial charge in [0.05, 0.1) is 30.5 Å². The highest BCUT2D eigenvalue weighted by Gasteiger charge is 2.49. The summed E-state index contributed by atoms with van der Waals surface area (Å²) in [6.45, 7) is 4.76. The molecule has 0 aromatic carbocycles. The van der Waals surface area contributed by atoms with E-state index in [2.05, 4.69) is 5.32 Å². The van der Waals surface area contributed by atoms with Gasteiger partial charge in [0, 0.05) is 26.5 Å². The highest BCUT2D eigenvalue weighted by molar-refractivity contribution is 5.72. The monoisotopic (exact) mass is 421 g/mol. The van der Waals surface area contributed by atoms with Gasteiger partial charge in [0.1, 0.15) is 30.5 Å². The molecule has 10 nitrogen and oxygen atoms in total. The Morgan fingerprint density at radius 3 is 2.48 bits per heavy atom. The zero-order valence-corrected chi connectivity index (χ0v) is 17.2. The van der Waals surface area contributed by atoms with E-state index in [1.165, 1.54) is 6.92 Å². The fourth-order valence-electron chi connectivity index (χ4n) is 3.85. The van der Waals surface area contributed by atoms with Gasteiger partial charge in [-0.2, -0.15) is 0 Å². The van der Waals surface area contributed by atoms with Crippen molar-refractivity contribution in [3.63, 3.8) is 0 Å². The second-order valence-electron chi connectivity index (χ2n) is 8.38. The summed E-state index contributed by atoms with van der Waals surface area (Å²) in [6.07, 6.45) is -6.02. The molecule has 8 atom stereocenters. The van der Waals surface area contributed by atoms with Crippen molar-refractivity contribution in [1.29, 1.82) is 0 Å². The summed E-state index contributed by atoms with van der Waals surface area (Å²) in [5.74, 6) is -0.244. The molecular weight excluding hydrogens is 386 g/mol. The van der Waals surface area contributed by atoms with E-state index in [0.29, 0.717) is 12.8 Å². The topological polar surface area (TPSA) is 158 Å². The van der Waals surface area contributed by atoms with Crippen molar-refractivity contribution in [2.24, 2.45) is 0 Å². The van der Waals surface area contributed by atoms with Crippen LogP contribution in [0.15, 0.2) is 0 Å². The minimum absolute atomic E-state index is 0.127. The predicted octanol–water partition coefficient (Wildman–Crippen LogP) is -1.94. The number of rotatable bonds is 8. The third-order valence-electron chi connectivity index (χ3n) is 5.54. The Morgan fingerprint density at radius 2 is 1.86 bits per heavy atom. The number of aliphatic hydroxyl groups excluding tert-OH is 5. The van der Waals surface area contributed by atoms with Gasteiger partial charge in [-0.1, -0.05) is 0 Å². The third-order valence-corrected chi connectivity index (χ3v) is 5.54. The second-order valence-corrected chi connectivity index (χ2v) is 8.38. The molecule has 2 saturated heterocycles. The number of amides is 1. The molecule has 0 aromatic rings. The van der Waals surface area contributed by atoms with Gasteiger partial charge in [-0.25, -0.2) is 0 Å². The van der Waals surface area contributed by atoms with Crippen LogP contribution in [0.3, 0.4) is 0 Å². The molecule has 1 amide bonds. The summed E-state index contributed by atoms with van der Waals surface area (Å²) in [6, 6.07) is 0. The lowest BCUT2D eigenvalue weighted by Gasteiger charge is -2.47. The maximum absolute atomic E-state index is 11.2. The first kappa shape index (κ1) is 24.4. The fraction of sp³-hybridized carbons (Fsp3) is 0.947. The number of hydrogen-bond acceptors (Lipinski definition) is 9. The molecule has 0 radical (unpaired) electrons. The molecule has 2 fully saturated rings. The van der Waals surface area contributed by atoms with E-state index in [4.69, 9.17) is 14.2 Å². The van der Waals surface area contributed by atoms with Gasteiger partial charge in [-0.3, -0.25) is 4.79 Å². The summed E-state index contributed by atoms with van der Waals surface area (Å²) >= 11 is 0. The van der Waals surface area contributed by atoms with Gasteiger partial charge in [0.15, 0.2) is 0 Å². The summed E-state index contributed by atoms with van der Waals surface area (Å²) in [5, 5.41) is 52.6. The highest BCUT2D eigenvalue weighted by atomic mass is 16.6. The molecule has 2 heterocycles.